The van der Waals surface area contributed by atoms with E-state index in [9.17, 15) is 0 Å². The number of rotatable bonds is 5. The van der Waals surface area contributed by atoms with Crippen LogP contribution in [-0.4, -0.2) is 38.1 Å². The number of hydrogen-bond donors (Lipinski definition) is 0. The monoisotopic (exact) mass is 296 g/mol. The summed E-state index contributed by atoms with van der Waals surface area (Å²) in [6.45, 7) is 4.87. The largest absolute Gasteiger partial charge is 0.373 e. The van der Waals surface area contributed by atoms with E-state index >= 15 is 0 Å². The van der Waals surface area contributed by atoms with Gasteiger partial charge in [0.2, 0.25) is 0 Å². The first kappa shape index (κ1) is 12.9. The molecule has 1 aliphatic rings. The standard InChI is InChI=1S/C14H21BrN2/c1-16(10-11-17-8-4-5-9-17)14-7-3-2-6-13(14)12-15/h2-3,6-7H,4-5,8-12H2,1H3. The van der Waals surface area contributed by atoms with Gasteiger partial charge in [-0.25, -0.2) is 0 Å². The average Bonchev–Trinajstić information content (AvgIpc) is 2.89. The zero-order valence-electron chi connectivity index (χ0n) is 10.5. The van der Waals surface area contributed by atoms with Gasteiger partial charge >= 0.3 is 0 Å². The van der Waals surface area contributed by atoms with Gasteiger partial charge in [-0.2, -0.15) is 0 Å². The number of nitrogens with zero attached hydrogens (tertiary/aromatic N) is 2. The number of hydrogen-bond acceptors (Lipinski definition) is 2. The predicted molar refractivity (Wildman–Crippen MR) is 78.0 cm³/mol. The van der Waals surface area contributed by atoms with Gasteiger partial charge in [0, 0.05) is 31.2 Å². The molecule has 0 amide bonds. The van der Waals surface area contributed by atoms with Crippen molar-refractivity contribution in [1.82, 2.24) is 4.90 Å². The van der Waals surface area contributed by atoms with Crippen molar-refractivity contribution >= 4 is 21.6 Å². The van der Waals surface area contributed by atoms with Crippen LogP contribution in [0.4, 0.5) is 5.69 Å². The Kier molecular flexibility index (Phi) is 4.86. The maximum atomic E-state index is 3.56. The van der Waals surface area contributed by atoms with Crippen molar-refractivity contribution in [1.29, 1.82) is 0 Å². The number of alkyl halides is 1. The van der Waals surface area contributed by atoms with Crippen molar-refractivity contribution in [3.63, 3.8) is 0 Å². The first-order valence-corrected chi connectivity index (χ1v) is 7.51. The number of likely N-dealkylation sites (N-methyl/N-ethyl adjacent to an activating group) is 1. The fraction of sp³-hybridized carbons (Fsp3) is 0.571. The highest BCUT2D eigenvalue weighted by atomic mass is 79.9. The maximum absolute atomic E-state index is 3.56. The molecule has 0 spiro atoms. The Morgan fingerprint density at radius 3 is 2.65 bits per heavy atom. The molecule has 0 N–H and O–H groups in total. The molecule has 0 atom stereocenters. The molecule has 0 radical (unpaired) electrons. The van der Waals surface area contributed by atoms with Gasteiger partial charge < -0.3 is 9.80 Å². The van der Waals surface area contributed by atoms with Gasteiger partial charge in [-0.15, -0.1) is 0 Å². The summed E-state index contributed by atoms with van der Waals surface area (Å²) < 4.78 is 0. The van der Waals surface area contributed by atoms with Crippen LogP contribution in [0.25, 0.3) is 0 Å². The maximum Gasteiger partial charge on any atom is 0.0405 e. The second-order valence-corrected chi connectivity index (χ2v) is 5.29. The summed E-state index contributed by atoms with van der Waals surface area (Å²) in [6, 6.07) is 8.62. The number of para-hydroxylation sites is 1. The lowest BCUT2D eigenvalue weighted by Crippen LogP contribution is -2.31. The van der Waals surface area contributed by atoms with Crippen LogP contribution in [0.1, 0.15) is 18.4 Å². The summed E-state index contributed by atoms with van der Waals surface area (Å²) in [5.41, 5.74) is 2.72. The van der Waals surface area contributed by atoms with E-state index in [4.69, 9.17) is 0 Å². The lowest BCUT2D eigenvalue weighted by atomic mass is 10.2. The quantitative estimate of drug-likeness (QED) is 0.771. The summed E-state index contributed by atoms with van der Waals surface area (Å²) in [4.78, 5) is 4.93. The predicted octanol–water partition coefficient (Wildman–Crippen LogP) is 3.11. The molecule has 1 fully saturated rings. The molecular weight excluding hydrogens is 276 g/mol. The minimum atomic E-state index is 0.928. The van der Waals surface area contributed by atoms with Crippen LogP contribution in [0.3, 0.4) is 0 Å². The minimum absolute atomic E-state index is 0.928. The molecule has 94 valence electrons. The van der Waals surface area contributed by atoms with Crippen molar-refractivity contribution in [2.24, 2.45) is 0 Å². The first-order valence-electron chi connectivity index (χ1n) is 6.38. The summed E-state index contributed by atoms with van der Waals surface area (Å²) in [5.74, 6) is 0. The molecule has 1 aromatic rings. The number of anilines is 1. The van der Waals surface area contributed by atoms with Crippen molar-refractivity contribution in [3.05, 3.63) is 29.8 Å². The van der Waals surface area contributed by atoms with E-state index in [-0.39, 0.29) is 0 Å². The second-order valence-electron chi connectivity index (χ2n) is 4.73. The van der Waals surface area contributed by atoms with Crippen LogP contribution in [0.15, 0.2) is 24.3 Å². The molecule has 0 saturated carbocycles. The van der Waals surface area contributed by atoms with Crippen molar-refractivity contribution in [2.75, 3.05) is 38.1 Å². The Labute approximate surface area is 113 Å². The molecule has 1 saturated heterocycles. The molecule has 3 heteroatoms. The van der Waals surface area contributed by atoms with Crippen molar-refractivity contribution in [3.8, 4) is 0 Å². The van der Waals surface area contributed by atoms with Gasteiger partial charge in [0.15, 0.2) is 0 Å². The van der Waals surface area contributed by atoms with Crippen molar-refractivity contribution < 1.29 is 0 Å². The first-order chi connectivity index (χ1) is 8.31. The van der Waals surface area contributed by atoms with E-state index < -0.39 is 0 Å². The van der Waals surface area contributed by atoms with Crippen LogP contribution in [0.2, 0.25) is 0 Å². The van der Waals surface area contributed by atoms with Gasteiger partial charge in [-0.1, -0.05) is 34.1 Å². The summed E-state index contributed by atoms with van der Waals surface area (Å²) >= 11 is 3.56. The lowest BCUT2D eigenvalue weighted by Gasteiger charge is -2.24. The van der Waals surface area contributed by atoms with E-state index in [0.29, 0.717) is 0 Å². The minimum Gasteiger partial charge on any atom is -0.373 e. The average molecular weight is 297 g/mol. The van der Waals surface area contributed by atoms with Crippen LogP contribution < -0.4 is 4.90 Å². The van der Waals surface area contributed by atoms with Gasteiger partial charge in [0.05, 0.1) is 0 Å². The van der Waals surface area contributed by atoms with E-state index in [1.807, 2.05) is 0 Å². The second kappa shape index (κ2) is 6.41. The molecule has 0 aliphatic carbocycles. The normalized spacial score (nSPS) is 16.4. The van der Waals surface area contributed by atoms with E-state index in [2.05, 4.69) is 57.0 Å². The molecule has 2 rings (SSSR count). The van der Waals surface area contributed by atoms with Gasteiger partial charge in [0.1, 0.15) is 0 Å². The smallest absolute Gasteiger partial charge is 0.0405 e. The topological polar surface area (TPSA) is 6.48 Å². The molecule has 2 nitrogen and oxygen atoms in total. The van der Waals surface area contributed by atoms with Crippen LogP contribution in [0, 0.1) is 0 Å². The van der Waals surface area contributed by atoms with Gasteiger partial charge in [-0.3, -0.25) is 0 Å². The lowest BCUT2D eigenvalue weighted by molar-refractivity contribution is 0.346. The molecule has 0 aromatic heterocycles. The van der Waals surface area contributed by atoms with Gasteiger partial charge in [-0.05, 0) is 37.6 Å². The van der Waals surface area contributed by atoms with E-state index in [1.54, 1.807) is 0 Å². The molecule has 1 heterocycles. The third kappa shape index (κ3) is 3.46. The summed E-state index contributed by atoms with van der Waals surface area (Å²) in [6.07, 6.45) is 2.75. The third-order valence-electron chi connectivity index (χ3n) is 3.50. The third-order valence-corrected chi connectivity index (χ3v) is 4.10. The highest BCUT2D eigenvalue weighted by Crippen LogP contribution is 2.21. The SMILES string of the molecule is CN(CCN1CCCC1)c1ccccc1CBr. The number of halogens is 1. The molecular formula is C14H21BrN2. The Balaban J connectivity index is 1.91. The Morgan fingerprint density at radius 1 is 1.24 bits per heavy atom. The summed E-state index contributed by atoms with van der Waals surface area (Å²) in [5, 5.41) is 0.928. The van der Waals surface area contributed by atoms with E-state index in [0.717, 1.165) is 11.9 Å². The molecule has 1 aromatic carbocycles. The highest BCUT2D eigenvalue weighted by molar-refractivity contribution is 9.08. The molecule has 0 unspecified atom stereocenters. The fourth-order valence-electron chi connectivity index (χ4n) is 2.41. The van der Waals surface area contributed by atoms with Gasteiger partial charge in [0.25, 0.3) is 0 Å². The number of likely N-dealkylation sites (tertiary alicyclic amines) is 1. The Hall–Kier alpha value is -0.540. The molecule has 1 aliphatic heterocycles. The van der Waals surface area contributed by atoms with E-state index in [1.165, 1.54) is 43.7 Å². The Morgan fingerprint density at radius 2 is 1.94 bits per heavy atom. The van der Waals surface area contributed by atoms with Crippen LogP contribution >= 0.6 is 15.9 Å². The zero-order chi connectivity index (χ0) is 12.1. The summed E-state index contributed by atoms with van der Waals surface area (Å²) in [7, 11) is 2.19. The van der Waals surface area contributed by atoms with Crippen molar-refractivity contribution in [2.45, 2.75) is 18.2 Å². The van der Waals surface area contributed by atoms with Crippen LogP contribution in [-0.2, 0) is 5.33 Å². The molecule has 17 heavy (non-hydrogen) atoms. The van der Waals surface area contributed by atoms with Crippen LogP contribution in [0.5, 0.6) is 0 Å². The fourth-order valence-corrected chi connectivity index (χ4v) is 2.89. The molecule has 0 bridgehead atoms. The highest BCUT2D eigenvalue weighted by Gasteiger charge is 2.12. The zero-order valence-corrected chi connectivity index (χ0v) is 12.1. The number of benzene rings is 1. The Bertz CT molecular complexity index is 348.